The Morgan fingerprint density at radius 3 is 2.28 bits per heavy atom. The van der Waals surface area contributed by atoms with Crippen LogP contribution in [0.1, 0.15) is 37.8 Å². The monoisotopic (exact) mass is 392 g/mol. The number of likely N-dealkylation sites (tertiary alicyclic amines) is 1. The van der Waals surface area contributed by atoms with Crippen LogP contribution in [0.2, 0.25) is 0 Å². The normalized spacial score (nSPS) is 16.4. The lowest BCUT2D eigenvalue weighted by Crippen LogP contribution is -2.38. The Kier molecular flexibility index (Phi) is 7.45. The molecule has 4 nitrogen and oxygen atoms in total. The van der Waals surface area contributed by atoms with E-state index < -0.39 is 0 Å². The smallest absolute Gasteiger partial charge is 0.228 e. The zero-order chi connectivity index (χ0) is 20.6. The van der Waals surface area contributed by atoms with Gasteiger partial charge in [-0.25, -0.2) is 0 Å². The topological polar surface area (TPSA) is 40.6 Å². The van der Waals surface area contributed by atoms with E-state index >= 15 is 0 Å². The van der Waals surface area contributed by atoms with Crippen LogP contribution >= 0.6 is 0 Å². The van der Waals surface area contributed by atoms with Crippen LogP contribution in [0, 0.1) is 11.8 Å². The zero-order valence-corrected chi connectivity index (χ0v) is 17.6. The molecule has 2 aromatic carbocycles. The lowest BCUT2D eigenvalue weighted by atomic mass is 10.1. The first-order valence-corrected chi connectivity index (χ1v) is 10.7. The van der Waals surface area contributed by atoms with Gasteiger partial charge in [0, 0.05) is 32.6 Å². The minimum atomic E-state index is -0.228. The Morgan fingerprint density at radius 2 is 1.66 bits per heavy atom. The van der Waals surface area contributed by atoms with Gasteiger partial charge in [0.1, 0.15) is 0 Å². The summed E-state index contributed by atoms with van der Waals surface area (Å²) >= 11 is 0. The van der Waals surface area contributed by atoms with Crippen molar-refractivity contribution in [1.82, 2.24) is 9.80 Å². The molecule has 2 amide bonds. The van der Waals surface area contributed by atoms with Crippen molar-refractivity contribution in [3.63, 3.8) is 0 Å². The molecule has 0 saturated carbocycles. The standard InChI is InChI=1S/C25H32N2O2/c1-20(2)13-15-26-19-23(17-24(26)28)25(29)27(18-22-11-7-4-8-12-22)16-14-21-9-5-3-6-10-21/h3-12,20,23H,13-19H2,1-2H3. The third kappa shape index (κ3) is 6.18. The van der Waals surface area contributed by atoms with Gasteiger partial charge in [-0.1, -0.05) is 74.5 Å². The number of hydrogen-bond donors (Lipinski definition) is 0. The Labute approximate surface area is 174 Å². The molecule has 154 valence electrons. The Balaban J connectivity index is 1.67. The molecule has 1 saturated heterocycles. The van der Waals surface area contributed by atoms with E-state index in [1.807, 2.05) is 46.2 Å². The molecular weight excluding hydrogens is 360 g/mol. The molecule has 1 unspecified atom stereocenters. The van der Waals surface area contributed by atoms with Gasteiger partial charge in [0.2, 0.25) is 11.8 Å². The van der Waals surface area contributed by atoms with Crippen molar-refractivity contribution in [2.45, 2.75) is 39.7 Å². The fourth-order valence-corrected chi connectivity index (χ4v) is 3.81. The van der Waals surface area contributed by atoms with Gasteiger partial charge in [0.05, 0.1) is 5.92 Å². The molecule has 1 atom stereocenters. The molecular formula is C25H32N2O2. The maximum atomic E-state index is 13.3. The van der Waals surface area contributed by atoms with Crippen LogP contribution in [0.4, 0.5) is 0 Å². The molecule has 1 fully saturated rings. The van der Waals surface area contributed by atoms with E-state index in [2.05, 4.69) is 38.1 Å². The molecule has 1 aliphatic rings. The van der Waals surface area contributed by atoms with Gasteiger partial charge in [-0.05, 0) is 29.9 Å². The molecule has 0 spiro atoms. The average Bonchev–Trinajstić information content (AvgIpc) is 3.11. The maximum Gasteiger partial charge on any atom is 0.228 e. The second kappa shape index (κ2) is 10.2. The van der Waals surface area contributed by atoms with Crippen molar-refractivity contribution in [3.8, 4) is 0 Å². The van der Waals surface area contributed by atoms with Crippen LogP contribution in [0.5, 0.6) is 0 Å². The van der Waals surface area contributed by atoms with E-state index in [-0.39, 0.29) is 17.7 Å². The zero-order valence-electron chi connectivity index (χ0n) is 17.6. The number of benzene rings is 2. The average molecular weight is 393 g/mol. The second-order valence-corrected chi connectivity index (χ2v) is 8.40. The fraction of sp³-hybridized carbons (Fsp3) is 0.440. The number of hydrogen-bond acceptors (Lipinski definition) is 2. The Hall–Kier alpha value is -2.62. The van der Waals surface area contributed by atoms with E-state index in [1.165, 1.54) is 5.56 Å². The lowest BCUT2D eigenvalue weighted by Gasteiger charge is -2.26. The predicted octanol–water partition coefficient (Wildman–Crippen LogP) is 4.15. The quantitative estimate of drug-likeness (QED) is 0.643. The van der Waals surface area contributed by atoms with E-state index in [4.69, 9.17) is 0 Å². The highest BCUT2D eigenvalue weighted by Gasteiger charge is 2.36. The van der Waals surface area contributed by atoms with Gasteiger partial charge in [0.15, 0.2) is 0 Å². The Bertz CT molecular complexity index is 789. The van der Waals surface area contributed by atoms with Gasteiger partial charge in [0.25, 0.3) is 0 Å². The minimum absolute atomic E-state index is 0.102. The van der Waals surface area contributed by atoms with Crippen LogP contribution in [0.25, 0.3) is 0 Å². The van der Waals surface area contributed by atoms with E-state index in [0.29, 0.717) is 32.0 Å². The molecule has 0 aliphatic carbocycles. The van der Waals surface area contributed by atoms with Gasteiger partial charge < -0.3 is 9.80 Å². The van der Waals surface area contributed by atoms with Gasteiger partial charge >= 0.3 is 0 Å². The summed E-state index contributed by atoms with van der Waals surface area (Å²) in [6.45, 7) is 6.88. The van der Waals surface area contributed by atoms with Crippen molar-refractivity contribution in [2.24, 2.45) is 11.8 Å². The maximum absolute atomic E-state index is 13.3. The van der Waals surface area contributed by atoms with Crippen molar-refractivity contribution in [2.75, 3.05) is 19.6 Å². The number of nitrogens with zero attached hydrogens (tertiary/aromatic N) is 2. The van der Waals surface area contributed by atoms with E-state index in [0.717, 1.165) is 24.9 Å². The van der Waals surface area contributed by atoms with Crippen LogP contribution < -0.4 is 0 Å². The molecule has 1 aliphatic heterocycles. The molecule has 1 heterocycles. The van der Waals surface area contributed by atoms with Crippen molar-refractivity contribution in [1.29, 1.82) is 0 Å². The summed E-state index contributed by atoms with van der Waals surface area (Å²) in [5.41, 5.74) is 2.34. The largest absolute Gasteiger partial charge is 0.342 e. The minimum Gasteiger partial charge on any atom is -0.342 e. The van der Waals surface area contributed by atoms with Crippen molar-refractivity contribution >= 4 is 11.8 Å². The van der Waals surface area contributed by atoms with Crippen LogP contribution in [0.15, 0.2) is 60.7 Å². The highest BCUT2D eigenvalue weighted by molar-refractivity contribution is 5.89. The fourth-order valence-electron chi connectivity index (χ4n) is 3.81. The first-order valence-electron chi connectivity index (χ1n) is 10.7. The van der Waals surface area contributed by atoms with Gasteiger partial charge in [-0.15, -0.1) is 0 Å². The molecule has 0 radical (unpaired) electrons. The summed E-state index contributed by atoms with van der Waals surface area (Å²) in [6, 6.07) is 20.4. The third-order valence-electron chi connectivity index (χ3n) is 5.58. The summed E-state index contributed by atoms with van der Waals surface area (Å²) in [5, 5.41) is 0. The Morgan fingerprint density at radius 1 is 1.03 bits per heavy atom. The first kappa shape index (κ1) is 21.1. The SMILES string of the molecule is CC(C)CCN1CC(C(=O)N(CCc2ccccc2)Cc2ccccc2)CC1=O. The molecule has 0 bridgehead atoms. The first-order chi connectivity index (χ1) is 14.0. The summed E-state index contributed by atoms with van der Waals surface area (Å²) in [5.74, 6) is 0.545. The van der Waals surface area contributed by atoms with E-state index in [1.54, 1.807) is 0 Å². The van der Waals surface area contributed by atoms with Crippen molar-refractivity contribution in [3.05, 3.63) is 71.8 Å². The molecule has 2 aromatic rings. The highest BCUT2D eigenvalue weighted by Crippen LogP contribution is 2.22. The predicted molar refractivity (Wildman–Crippen MR) is 116 cm³/mol. The van der Waals surface area contributed by atoms with Gasteiger partial charge in [-0.2, -0.15) is 0 Å². The molecule has 29 heavy (non-hydrogen) atoms. The molecule has 3 rings (SSSR count). The number of carbonyl (C=O) groups excluding carboxylic acids is 2. The van der Waals surface area contributed by atoms with Crippen molar-refractivity contribution < 1.29 is 9.59 Å². The molecule has 4 heteroatoms. The number of rotatable bonds is 9. The molecule has 0 N–H and O–H groups in total. The van der Waals surface area contributed by atoms with E-state index in [9.17, 15) is 9.59 Å². The number of amides is 2. The number of carbonyl (C=O) groups is 2. The second-order valence-electron chi connectivity index (χ2n) is 8.40. The van der Waals surface area contributed by atoms with Crippen LogP contribution in [-0.4, -0.2) is 41.2 Å². The molecule has 0 aromatic heterocycles. The third-order valence-corrected chi connectivity index (χ3v) is 5.58. The summed E-state index contributed by atoms with van der Waals surface area (Å²) in [4.78, 5) is 29.6. The highest BCUT2D eigenvalue weighted by atomic mass is 16.2. The van der Waals surface area contributed by atoms with Crippen LogP contribution in [-0.2, 0) is 22.6 Å². The summed E-state index contributed by atoms with van der Waals surface area (Å²) in [6.07, 6.45) is 2.14. The van der Waals surface area contributed by atoms with Crippen LogP contribution in [0.3, 0.4) is 0 Å². The van der Waals surface area contributed by atoms with Gasteiger partial charge in [-0.3, -0.25) is 9.59 Å². The summed E-state index contributed by atoms with van der Waals surface area (Å²) in [7, 11) is 0. The summed E-state index contributed by atoms with van der Waals surface area (Å²) < 4.78 is 0. The lowest BCUT2D eigenvalue weighted by molar-refractivity contribution is -0.136.